The highest BCUT2D eigenvalue weighted by atomic mass is 28.4. The molecule has 134 valence electrons. The van der Waals surface area contributed by atoms with E-state index in [9.17, 15) is 0 Å². The van der Waals surface area contributed by atoms with Crippen LogP contribution < -0.4 is 0 Å². The molecule has 0 aromatic rings. The second-order valence-electron chi connectivity index (χ2n) is 6.98. The van der Waals surface area contributed by atoms with Gasteiger partial charge in [0.25, 0.3) is 0 Å². The van der Waals surface area contributed by atoms with Gasteiger partial charge >= 0.3 is 8.80 Å². The molecule has 6 heteroatoms. The van der Waals surface area contributed by atoms with Crippen LogP contribution in [0.1, 0.15) is 48.5 Å². The molecule has 0 atom stereocenters. The monoisotopic (exact) mass is 349 g/mol. The van der Waals surface area contributed by atoms with Crippen molar-refractivity contribution in [2.45, 2.75) is 71.1 Å². The van der Waals surface area contributed by atoms with Gasteiger partial charge in [0, 0.05) is 27.4 Å². The van der Waals surface area contributed by atoms with E-state index in [1.54, 1.807) is 21.3 Å². The molecule has 0 fully saturated rings. The summed E-state index contributed by atoms with van der Waals surface area (Å²) >= 11 is 0. The molecule has 0 radical (unpaired) electrons. The van der Waals surface area contributed by atoms with Crippen LogP contribution in [-0.4, -0.2) is 56.0 Å². The van der Waals surface area contributed by atoms with Crippen molar-refractivity contribution in [2.24, 2.45) is 0 Å². The van der Waals surface area contributed by atoms with Crippen molar-refractivity contribution in [1.29, 1.82) is 0 Å². The van der Waals surface area contributed by atoms with Gasteiger partial charge in [-0.2, -0.15) is 0 Å². The first-order chi connectivity index (χ1) is 10.2. The highest BCUT2D eigenvalue weighted by Crippen LogP contribution is 2.44. The van der Waals surface area contributed by atoms with Gasteiger partial charge in [0.2, 0.25) is 0 Å². The van der Waals surface area contributed by atoms with Gasteiger partial charge in [0.1, 0.15) is 8.24 Å². The molecule has 0 aliphatic heterocycles. The number of nitrogens with zero attached hydrogens (tertiary/aromatic N) is 1. The first-order valence-corrected chi connectivity index (χ1v) is 12.7. The van der Waals surface area contributed by atoms with Crippen LogP contribution in [0.2, 0.25) is 22.7 Å². The quantitative estimate of drug-likeness (QED) is 0.519. The van der Waals surface area contributed by atoms with Crippen molar-refractivity contribution in [1.82, 2.24) is 4.57 Å². The van der Waals surface area contributed by atoms with E-state index < -0.39 is 17.0 Å². The Bertz CT molecular complexity index is 278. The Labute approximate surface area is 141 Å². The lowest BCUT2D eigenvalue weighted by molar-refractivity contribution is 0.121. The maximum atomic E-state index is 5.61. The standard InChI is InChI=1S/C16H39NO3Si2/c1-11-17(12-13-21(18-8,19-9)20-10)22(14(2)3,15(4)5)16(6)7/h14-16H,11-13H2,1-10H3. The lowest BCUT2D eigenvalue weighted by atomic mass is 10.5. The second-order valence-corrected chi connectivity index (χ2v) is 15.9. The van der Waals surface area contributed by atoms with Gasteiger partial charge < -0.3 is 17.8 Å². The smallest absolute Gasteiger partial charge is 0.377 e. The molecule has 0 aliphatic carbocycles. The first-order valence-electron chi connectivity index (χ1n) is 8.58. The van der Waals surface area contributed by atoms with Crippen LogP contribution in [0, 0.1) is 0 Å². The predicted octanol–water partition coefficient (Wildman–Crippen LogP) is 4.36. The Morgan fingerprint density at radius 1 is 0.773 bits per heavy atom. The molecular weight excluding hydrogens is 310 g/mol. The van der Waals surface area contributed by atoms with Crippen molar-refractivity contribution in [3.05, 3.63) is 0 Å². The summed E-state index contributed by atoms with van der Waals surface area (Å²) in [4.78, 5) is 0. The van der Waals surface area contributed by atoms with Gasteiger partial charge in [-0.05, 0) is 29.7 Å². The Morgan fingerprint density at radius 2 is 1.14 bits per heavy atom. The fourth-order valence-electron chi connectivity index (χ4n) is 4.55. The zero-order chi connectivity index (χ0) is 17.6. The Hall–Kier alpha value is 0.274. The summed E-state index contributed by atoms with van der Waals surface area (Å²) in [5.41, 5.74) is 2.16. The van der Waals surface area contributed by atoms with Crippen molar-refractivity contribution >= 4 is 17.0 Å². The zero-order valence-electron chi connectivity index (χ0n) is 16.5. The topological polar surface area (TPSA) is 30.9 Å². The van der Waals surface area contributed by atoms with Crippen molar-refractivity contribution in [3.8, 4) is 0 Å². The minimum atomic E-state index is -2.50. The highest BCUT2D eigenvalue weighted by molar-refractivity contribution is 6.81. The average molecular weight is 350 g/mol. The molecule has 0 aromatic heterocycles. The molecule has 0 saturated heterocycles. The molecule has 0 heterocycles. The maximum Gasteiger partial charge on any atom is 0.501 e. The first kappa shape index (κ1) is 22.3. The molecule has 0 saturated carbocycles. The van der Waals surface area contributed by atoms with Gasteiger partial charge in [-0.1, -0.05) is 48.5 Å². The number of hydrogen-bond donors (Lipinski definition) is 0. The van der Waals surface area contributed by atoms with Crippen LogP contribution in [0.25, 0.3) is 0 Å². The summed E-state index contributed by atoms with van der Waals surface area (Å²) < 4.78 is 19.6. The van der Waals surface area contributed by atoms with E-state index >= 15 is 0 Å². The predicted molar refractivity (Wildman–Crippen MR) is 99.9 cm³/mol. The summed E-state index contributed by atoms with van der Waals surface area (Å²) in [6.45, 7) is 18.8. The summed E-state index contributed by atoms with van der Waals surface area (Å²) in [5.74, 6) is 0. The molecule has 4 nitrogen and oxygen atoms in total. The molecule has 0 spiro atoms. The van der Waals surface area contributed by atoms with Crippen LogP contribution >= 0.6 is 0 Å². The molecule has 0 aliphatic rings. The molecule has 0 unspecified atom stereocenters. The molecule has 0 amide bonds. The Morgan fingerprint density at radius 3 is 1.36 bits per heavy atom. The minimum absolute atomic E-state index is 0.719. The van der Waals surface area contributed by atoms with Crippen molar-refractivity contribution in [2.75, 3.05) is 34.4 Å². The van der Waals surface area contributed by atoms with Crippen LogP contribution in [-0.2, 0) is 13.3 Å². The largest absolute Gasteiger partial charge is 0.501 e. The Kier molecular flexibility index (Phi) is 9.66. The molecular formula is C16H39NO3Si2. The van der Waals surface area contributed by atoms with Gasteiger partial charge in [0.05, 0.1) is 0 Å². The van der Waals surface area contributed by atoms with Crippen molar-refractivity contribution in [3.63, 3.8) is 0 Å². The number of rotatable bonds is 11. The summed E-state index contributed by atoms with van der Waals surface area (Å²) in [5, 5.41) is 0. The molecule has 0 bridgehead atoms. The fourth-order valence-corrected chi connectivity index (χ4v) is 13.7. The van der Waals surface area contributed by atoms with E-state index in [0.29, 0.717) is 0 Å². The van der Waals surface area contributed by atoms with E-state index in [2.05, 4.69) is 53.0 Å². The Balaban J connectivity index is 5.43. The van der Waals surface area contributed by atoms with Gasteiger partial charge in [-0.3, -0.25) is 0 Å². The lowest BCUT2D eigenvalue weighted by Crippen LogP contribution is -2.61. The third-order valence-electron chi connectivity index (χ3n) is 5.32. The summed E-state index contributed by atoms with van der Waals surface area (Å²) in [7, 11) is 1.00. The normalized spacial score (nSPS) is 13.9. The highest BCUT2D eigenvalue weighted by Gasteiger charge is 2.48. The van der Waals surface area contributed by atoms with Crippen LogP contribution in [0.15, 0.2) is 0 Å². The van der Waals surface area contributed by atoms with Gasteiger partial charge in [-0.15, -0.1) is 0 Å². The van der Waals surface area contributed by atoms with E-state index in [0.717, 1.165) is 35.8 Å². The van der Waals surface area contributed by atoms with Gasteiger partial charge in [-0.25, -0.2) is 0 Å². The second kappa shape index (κ2) is 9.54. The average Bonchev–Trinajstić information content (AvgIpc) is 2.46. The summed E-state index contributed by atoms with van der Waals surface area (Å²) in [6, 6.07) is 0.852. The third-order valence-corrected chi connectivity index (χ3v) is 15.2. The van der Waals surface area contributed by atoms with Crippen LogP contribution in [0.5, 0.6) is 0 Å². The van der Waals surface area contributed by atoms with Crippen LogP contribution in [0.4, 0.5) is 0 Å². The molecule has 0 N–H and O–H groups in total. The summed E-state index contributed by atoms with van der Waals surface area (Å²) in [6.07, 6.45) is 0. The van der Waals surface area contributed by atoms with E-state index in [-0.39, 0.29) is 0 Å². The third kappa shape index (κ3) is 4.42. The van der Waals surface area contributed by atoms with Crippen LogP contribution in [0.3, 0.4) is 0 Å². The van der Waals surface area contributed by atoms with Crippen molar-refractivity contribution < 1.29 is 13.3 Å². The molecule has 22 heavy (non-hydrogen) atoms. The van der Waals surface area contributed by atoms with E-state index in [1.807, 2.05) is 0 Å². The molecule has 0 aromatic carbocycles. The fraction of sp³-hybridized carbons (Fsp3) is 1.00. The van der Waals surface area contributed by atoms with E-state index in [1.165, 1.54) is 0 Å². The lowest BCUT2D eigenvalue weighted by Gasteiger charge is -2.51. The maximum absolute atomic E-state index is 5.61. The molecule has 0 rings (SSSR count). The number of hydrogen-bond acceptors (Lipinski definition) is 4. The zero-order valence-corrected chi connectivity index (χ0v) is 18.5. The van der Waals surface area contributed by atoms with Gasteiger partial charge in [0.15, 0.2) is 0 Å². The minimum Gasteiger partial charge on any atom is -0.377 e. The van der Waals surface area contributed by atoms with E-state index in [4.69, 9.17) is 13.3 Å². The SMILES string of the molecule is CCN(CC[Si](OC)(OC)OC)[Si](C(C)C)(C(C)C)C(C)C.